The van der Waals surface area contributed by atoms with Gasteiger partial charge >= 0.3 is 0 Å². The number of aromatic nitrogens is 2. The number of rotatable bonds is 3. The molecule has 2 aromatic heterocycles. The maximum absolute atomic E-state index is 11.3. The van der Waals surface area contributed by atoms with Gasteiger partial charge in [-0.1, -0.05) is 0 Å². The Hall–Kier alpha value is -1.66. The summed E-state index contributed by atoms with van der Waals surface area (Å²) in [5, 5.41) is 0. The van der Waals surface area contributed by atoms with E-state index in [9.17, 15) is 8.42 Å². The van der Waals surface area contributed by atoms with Crippen LogP contribution in [-0.2, 0) is 9.05 Å². The Kier molecular flexibility index (Phi) is 3.26. The molecule has 17 heavy (non-hydrogen) atoms. The zero-order chi connectivity index (χ0) is 12.3. The lowest BCUT2D eigenvalue weighted by Gasteiger charge is -2.06. The van der Waals surface area contributed by atoms with Gasteiger partial charge in [0, 0.05) is 23.1 Å². The molecular weight excluding hydrogens is 264 g/mol. The SMILES string of the molecule is O=S(=O)(Cl)c1cccnc1Oc1cccnc1. The van der Waals surface area contributed by atoms with E-state index < -0.39 is 9.05 Å². The lowest BCUT2D eigenvalue weighted by atomic mass is 10.4. The Bertz CT molecular complexity index is 616. The van der Waals surface area contributed by atoms with Crippen LogP contribution < -0.4 is 4.74 Å². The molecule has 2 aromatic rings. The first-order valence-electron chi connectivity index (χ1n) is 4.55. The Balaban J connectivity index is 2.41. The van der Waals surface area contributed by atoms with Gasteiger partial charge < -0.3 is 4.74 Å². The number of halogens is 1. The monoisotopic (exact) mass is 270 g/mol. The van der Waals surface area contributed by atoms with Crippen LogP contribution in [0.1, 0.15) is 0 Å². The number of nitrogens with zero attached hydrogens (tertiary/aromatic N) is 2. The summed E-state index contributed by atoms with van der Waals surface area (Å²) in [6, 6.07) is 6.08. The van der Waals surface area contributed by atoms with Gasteiger partial charge in [0.2, 0.25) is 5.88 Å². The molecule has 2 rings (SSSR count). The van der Waals surface area contributed by atoms with Crippen molar-refractivity contribution in [3.05, 3.63) is 42.9 Å². The lowest BCUT2D eigenvalue weighted by molar-refractivity contribution is 0.446. The molecule has 0 aliphatic heterocycles. The third kappa shape index (κ3) is 2.92. The second-order valence-corrected chi connectivity index (χ2v) is 5.57. The van der Waals surface area contributed by atoms with Gasteiger partial charge in [-0.15, -0.1) is 0 Å². The highest BCUT2D eigenvalue weighted by atomic mass is 35.7. The Morgan fingerprint density at radius 3 is 2.59 bits per heavy atom. The van der Waals surface area contributed by atoms with Crippen LogP contribution in [0.25, 0.3) is 0 Å². The minimum absolute atomic E-state index is 0.0736. The van der Waals surface area contributed by atoms with Crippen LogP contribution in [0.4, 0.5) is 0 Å². The third-order valence-electron chi connectivity index (χ3n) is 1.85. The molecule has 0 aliphatic rings. The zero-order valence-corrected chi connectivity index (χ0v) is 10.0. The molecule has 0 radical (unpaired) electrons. The molecule has 2 heterocycles. The molecule has 0 saturated heterocycles. The molecule has 0 fully saturated rings. The van der Waals surface area contributed by atoms with Crippen molar-refractivity contribution in [1.29, 1.82) is 0 Å². The normalized spacial score (nSPS) is 11.1. The quantitative estimate of drug-likeness (QED) is 0.800. The molecule has 88 valence electrons. The van der Waals surface area contributed by atoms with Crippen LogP contribution in [0.2, 0.25) is 0 Å². The molecular formula is C10H7ClN2O3S. The van der Waals surface area contributed by atoms with Gasteiger partial charge in [-0.3, -0.25) is 4.98 Å². The highest BCUT2D eigenvalue weighted by Gasteiger charge is 2.18. The lowest BCUT2D eigenvalue weighted by Crippen LogP contribution is -1.97. The van der Waals surface area contributed by atoms with E-state index >= 15 is 0 Å². The van der Waals surface area contributed by atoms with Gasteiger partial charge in [0.25, 0.3) is 9.05 Å². The molecule has 0 amide bonds. The Morgan fingerprint density at radius 2 is 1.94 bits per heavy atom. The topological polar surface area (TPSA) is 69.2 Å². The van der Waals surface area contributed by atoms with Gasteiger partial charge in [0.1, 0.15) is 10.6 Å². The van der Waals surface area contributed by atoms with Crippen LogP contribution in [0.15, 0.2) is 47.8 Å². The van der Waals surface area contributed by atoms with Crippen molar-refractivity contribution >= 4 is 19.7 Å². The van der Waals surface area contributed by atoms with Crippen LogP contribution >= 0.6 is 10.7 Å². The Labute approximate surface area is 102 Å². The second-order valence-electron chi connectivity index (χ2n) is 3.04. The minimum atomic E-state index is -3.89. The van der Waals surface area contributed by atoms with Crippen LogP contribution in [0.3, 0.4) is 0 Å². The summed E-state index contributed by atoms with van der Waals surface area (Å²) in [6.07, 6.45) is 4.43. The summed E-state index contributed by atoms with van der Waals surface area (Å²) in [7, 11) is 1.38. The van der Waals surface area contributed by atoms with Crippen LogP contribution in [-0.4, -0.2) is 18.4 Å². The van der Waals surface area contributed by atoms with Gasteiger partial charge in [-0.05, 0) is 24.3 Å². The van der Waals surface area contributed by atoms with E-state index in [1.54, 1.807) is 18.3 Å². The number of ether oxygens (including phenoxy) is 1. The average Bonchev–Trinajstić information content (AvgIpc) is 2.30. The van der Waals surface area contributed by atoms with Crippen LogP contribution in [0.5, 0.6) is 11.6 Å². The van der Waals surface area contributed by atoms with Gasteiger partial charge in [0.15, 0.2) is 0 Å². The molecule has 7 heteroatoms. The predicted molar refractivity (Wildman–Crippen MR) is 61.6 cm³/mol. The summed E-state index contributed by atoms with van der Waals surface area (Å²) in [5.74, 6) is 0.309. The molecule has 0 aliphatic carbocycles. The van der Waals surface area contributed by atoms with Crippen molar-refractivity contribution in [2.24, 2.45) is 0 Å². The standard InChI is InChI=1S/C10H7ClN2O3S/c11-17(14,15)9-4-2-6-13-10(9)16-8-3-1-5-12-7-8/h1-7H. The fraction of sp³-hybridized carbons (Fsp3) is 0. The smallest absolute Gasteiger partial charge is 0.266 e. The average molecular weight is 271 g/mol. The fourth-order valence-corrected chi connectivity index (χ4v) is 2.05. The highest BCUT2D eigenvalue weighted by Crippen LogP contribution is 2.27. The fourth-order valence-electron chi connectivity index (χ4n) is 1.16. The molecule has 0 bridgehead atoms. The summed E-state index contributed by atoms with van der Waals surface area (Å²) < 4.78 is 27.8. The number of hydrogen-bond donors (Lipinski definition) is 0. The molecule has 0 unspecified atom stereocenters. The van der Waals surface area contributed by atoms with Gasteiger partial charge in [0.05, 0.1) is 6.20 Å². The van der Waals surface area contributed by atoms with Crippen molar-refractivity contribution in [3.63, 3.8) is 0 Å². The summed E-state index contributed by atoms with van der Waals surface area (Å²) >= 11 is 0. The third-order valence-corrected chi connectivity index (χ3v) is 3.18. The first kappa shape index (κ1) is 11.8. The highest BCUT2D eigenvalue weighted by molar-refractivity contribution is 8.13. The zero-order valence-electron chi connectivity index (χ0n) is 8.45. The van der Waals surface area contributed by atoms with E-state index in [2.05, 4.69) is 9.97 Å². The Morgan fingerprint density at radius 1 is 1.18 bits per heavy atom. The molecule has 0 atom stereocenters. The number of pyridine rings is 2. The van der Waals surface area contributed by atoms with Crippen molar-refractivity contribution < 1.29 is 13.2 Å². The molecule has 5 nitrogen and oxygen atoms in total. The van der Waals surface area contributed by atoms with Gasteiger partial charge in [-0.25, -0.2) is 13.4 Å². The van der Waals surface area contributed by atoms with E-state index in [1.165, 1.54) is 24.5 Å². The summed E-state index contributed by atoms with van der Waals surface area (Å²) in [5.41, 5.74) is 0. The summed E-state index contributed by atoms with van der Waals surface area (Å²) in [6.45, 7) is 0. The molecule has 0 aromatic carbocycles. The maximum atomic E-state index is 11.3. The molecule has 0 N–H and O–H groups in total. The van der Waals surface area contributed by atoms with E-state index in [4.69, 9.17) is 15.4 Å². The van der Waals surface area contributed by atoms with Crippen molar-refractivity contribution in [3.8, 4) is 11.6 Å². The van der Waals surface area contributed by atoms with Crippen molar-refractivity contribution in [2.45, 2.75) is 4.90 Å². The van der Waals surface area contributed by atoms with Gasteiger partial charge in [-0.2, -0.15) is 0 Å². The largest absolute Gasteiger partial charge is 0.436 e. The second kappa shape index (κ2) is 4.68. The van der Waals surface area contributed by atoms with Crippen molar-refractivity contribution in [2.75, 3.05) is 0 Å². The van der Waals surface area contributed by atoms with E-state index in [-0.39, 0.29) is 10.8 Å². The first-order chi connectivity index (χ1) is 8.07. The predicted octanol–water partition coefficient (Wildman–Crippen LogP) is 2.20. The summed E-state index contributed by atoms with van der Waals surface area (Å²) in [4.78, 5) is 7.49. The van der Waals surface area contributed by atoms with E-state index in [0.717, 1.165) is 0 Å². The number of hydrogen-bond acceptors (Lipinski definition) is 5. The van der Waals surface area contributed by atoms with E-state index in [1.807, 2.05) is 0 Å². The maximum Gasteiger partial charge on any atom is 0.266 e. The van der Waals surface area contributed by atoms with Crippen molar-refractivity contribution in [1.82, 2.24) is 9.97 Å². The molecule has 0 spiro atoms. The molecule has 0 saturated carbocycles. The van der Waals surface area contributed by atoms with E-state index in [0.29, 0.717) is 5.75 Å². The first-order valence-corrected chi connectivity index (χ1v) is 6.86. The van der Waals surface area contributed by atoms with Crippen LogP contribution in [0, 0.1) is 0 Å². The minimum Gasteiger partial charge on any atom is -0.436 e.